The van der Waals surface area contributed by atoms with Gasteiger partial charge in [0.25, 0.3) is 0 Å². The summed E-state index contributed by atoms with van der Waals surface area (Å²) in [6.45, 7) is 12.4. The molecule has 7 heteroatoms. The summed E-state index contributed by atoms with van der Waals surface area (Å²) in [6.07, 6.45) is 3.76. The van der Waals surface area contributed by atoms with Crippen LogP contribution in [0.4, 0.5) is 0 Å². The van der Waals surface area contributed by atoms with Crippen molar-refractivity contribution in [2.75, 3.05) is 39.3 Å². The number of benzene rings is 1. The van der Waals surface area contributed by atoms with E-state index in [0.717, 1.165) is 32.1 Å². The highest BCUT2D eigenvalue weighted by Gasteiger charge is 2.36. The molecule has 2 aliphatic rings. The van der Waals surface area contributed by atoms with Crippen LogP contribution >= 0.6 is 24.0 Å². The van der Waals surface area contributed by atoms with Gasteiger partial charge in [0.15, 0.2) is 5.96 Å². The molecule has 2 unspecified atom stereocenters. The lowest BCUT2D eigenvalue weighted by atomic mass is 9.83. The van der Waals surface area contributed by atoms with Crippen molar-refractivity contribution in [2.24, 2.45) is 16.8 Å². The Morgan fingerprint density at radius 2 is 1.94 bits per heavy atom. The number of piperidine rings is 2. The molecule has 0 aliphatic carbocycles. The fraction of sp³-hybridized carbons (Fsp3) is 0.667. The summed E-state index contributed by atoms with van der Waals surface area (Å²) in [5, 5.41) is 6.42. The van der Waals surface area contributed by atoms with Gasteiger partial charge in [-0.3, -0.25) is 14.7 Å². The van der Waals surface area contributed by atoms with Crippen LogP contribution in [-0.2, 0) is 11.3 Å². The summed E-state index contributed by atoms with van der Waals surface area (Å²) in [6, 6.07) is 11.5. The second kappa shape index (κ2) is 13.3. The van der Waals surface area contributed by atoms with Crippen LogP contribution in [0.2, 0.25) is 0 Å². The van der Waals surface area contributed by atoms with Gasteiger partial charge in [0.05, 0.1) is 6.54 Å². The maximum atomic E-state index is 11.7. The van der Waals surface area contributed by atoms with Gasteiger partial charge < -0.3 is 15.5 Å². The van der Waals surface area contributed by atoms with Crippen molar-refractivity contribution < 1.29 is 4.79 Å². The maximum absolute atomic E-state index is 11.7. The number of rotatable bonds is 7. The van der Waals surface area contributed by atoms with Crippen LogP contribution in [0.25, 0.3) is 0 Å². The zero-order chi connectivity index (χ0) is 21.3. The molecule has 2 N–H and O–H groups in total. The van der Waals surface area contributed by atoms with Crippen molar-refractivity contribution in [3.8, 4) is 0 Å². The van der Waals surface area contributed by atoms with E-state index < -0.39 is 0 Å². The van der Waals surface area contributed by atoms with Gasteiger partial charge in [0, 0.05) is 44.7 Å². The Balaban J connectivity index is 0.00000341. The zero-order valence-corrected chi connectivity index (χ0v) is 21.7. The zero-order valence-electron chi connectivity index (χ0n) is 19.3. The molecule has 0 bridgehead atoms. The molecule has 2 saturated heterocycles. The number of nitrogens with one attached hydrogen (secondary N) is 2. The molecule has 2 aliphatic heterocycles. The normalized spacial score (nSPS) is 21.9. The second-order valence-corrected chi connectivity index (χ2v) is 8.84. The third-order valence-electron chi connectivity index (χ3n) is 6.24. The van der Waals surface area contributed by atoms with Gasteiger partial charge in [0.2, 0.25) is 5.91 Å². The average molecular weight is 542 g/mol. The molecule has 3 rings (SSSR count). The van der Waals surface area contributed by atoms with Gasteiger partial charge in [-0.2, -0.15) is 0 Å². The summed E-state index contributed by atoms with van der Waals surface area (Å²) in [7, 11) is 0. The minimum absolute atomic E-state index is 0. The monoisotopic (exact) mass is 541 g/mol. The molecule has 1 aromatic rings. The molecule has 0 aromatic heterocycles. The Labute approximate surface area is 205 Å². The fourth-order valence-corrected chi connectivity index (χ4v) is 4.68. The van der Waals surface area contributed by atoms with Gasteiger partial charge in [-0.25, -0.2) is 0 Å². The Morgan fingerprint density at radius 1 is 1.16 bits per heavy atom. The summed E-state index contributed by atoms with van der Waals surface area (Å²) in [5.74, 6) is 1.80. The van der Waals surface area contributed by atoms with Crippen molar-refractivity contribution in [3.63, 3.8) is 0 Å². The van der Waals surface area contributed by atoms with Gasteiger partial charge in [0.1, 0.15) is 0 Å². The number of carbonyl (C=O) groups excluding carboxylic acids is 1. The van der Waals surface area contributed by atoms with Crippen molar-refractivity contribution >= 4 is 35.8 Å². The number of carbonyl (C=O) groups is 1. The lowest BCUT2D eigenvalue weighted by Crippen LogP contribution is -2.56. The molecule has 2 fully saturated rings. The van der Waals surface area contributed by atoms with Crippen LogP contribution in [0.15, 0.2) is 35.3 Å². The predicted octanol–water partition coefficient (Wildman–Crippen LogP) is 3.33. The standard InChI is InChI=1S/C24H39N5O.HI/c1-4-25-24(27-14-13-26-23(30)19(2)3)29-16-12-22-21(18-29)11-8-15-28(22)17-20-9-6-5-7-10-20;/h5-7,9-10,19,21-22H,4,8,11-18H2,1-3H3,(H,25,27)(H,26,30);1H. The first-order chi connectivity index (χ1) is 14.6. The molecule has 0 saturated carbocycles. The number of aliphatic imine (C=N–C) groups is 1. The minimum Gasteiger partial charge on any atom is -0.357 e. The van der Waals surface area contributed by atoms with E-state index in [-0.39, 0.29) is 35.8 Å². The average Bonchev–Trinajstić information content (AvgIpc) is 2.76. The van der Waals surface area contributed by atoms with Crippen molar-refractivity contribution in [1.29, 1.82) is 0 Å². The second-order valence-electron chi connectivity index (χ2n) is 8.84. The third kappa shape index (κ3) is 7.63. The number of likely N-dealkylation sites (tertiary alicyclic amines) is 2. The van der Waals surface area contributed by atoms with Crippen molar-refractivity contribution in [2.45, 2.75) is 52.6 Å². The largest absolute Gasteiger partial charge is 0.357 e. The van der Waals surface area contributed by atoms with Crippen LogP contribution in [0.5, 0.6) is 0 Å². The Kier molecular flexibility index (Phi) is 11.1. The highest BCUT2D eigenvalue weighted by Crippen LogP contribution is 2.31. The highest BCUT2D eigenvalue weighted by atomic mass is 127. The minimum atomic E-state index is 0. The predicted molar refractivity (Wildman–Crippen MR) is 139 cm³/mol. The molecule has 0 radical (unpaired) electrons. The van der Waals surface area contributed by atoms with Gasteiger partial charge in [-0.15, -0.1) is 24.0 Å². The Morgan fingerprint density at radius 3 is 2.65 bits per heavy atom. The Bertz CT molecular complexity index is 696. The van der Waals surface area contributed by atoms with Crippen LogP contribution in [0, 0.1) is 11.8 Å². The number of fused-ring (bicyclic) bond motifs is 1. The molecule has 2 atom stereocenters. The first-order valence-electron chi connectivity index (χ1n) is 11.7. The summed E-state index contributed by atoms with van der Waals surface area (Å²) in [4.78, 5) is 21.7. The topological polar surface area (TPSA) is 60.0 Å². The first kappa shape index (κ1) is 25.9. The van der Waals surface area contributed by atoms with Gasteiger partial charge in [-0.05, 0) is 44.2 Å². The fourth-order valence-electron chi connectivity index (χ4n) is 4.68. The lowest BCUT2D eigenvalue weighted by molar-refractivity contribution is -0.123. The molecule has 1 amide bonds. The lowest BCUT2D eigenvalue weighted by Gasteiger charge is -2.48. The van der Waals surface area contributed by atoms with E-state index in [1.807, 2.05) is 13.8 Å². The summed E-state index contributed by atoms with van der Waals surface area (Å²) >= 11 is 0. The number of guanidine groups is 1. The highest BCUT2D eigenvalue weighted by molar-refractivity contribution is 14.0. The smallest absolute Gasteiger partial charge is 0.222 e. The van der Waals surface area contributed by atoms with E-state index >= 15 is 0 Å². The van der Waals surface area contributed by atoms with Crippen LogP contribution in [0.3, 0.4) is 0 Å². The quantitative estimate of drug-likeness (QED) is 0.241. The number of nitrogens with zero attached hydrogens (tertiary/aromatic N) is 3. The molecule has 0 spiro atoms. The van der Waals surface area contributed by atoms with E-state index in [2.05, 4.69) is 57.7 Å². The van der Waals surface area contributed by atoms with Gasteiger partial charge >= 0.3 is 0 Å². The number of hydrogen-bond donors (Lipinski definition) is 2. The molecule has 174 valence electrons. The molecule has 31 heavy (non-hydrogen) atoms. The van der Waals surface area contributed by atoms with Crippen molar-refractivity contribution in [3.05, 3.63) is 35.9 Å². The number of halogens is 1. The first-order valence-corrected chi connectivity index (χ1v) is 11.7. The van der Waals surface area contributed by atoms with E-state index in [1.165, 1.54) is 31.4 Å². The number of amides is 1. The molecule has 1 aromatic carbocycles. The Hall–Kier alpha value is -1.35. The van der Waals surface area contributed by atoms with Crippen molar-refractivity contribution in [1.82, 2.24) is 20.4 Å². The van der Waals surface area contributed by atoms with E-state index in [1.54, 1.807) is 0 Å². The van der Waals surface area contributed by atoms with E-state index in [4.69, 9.17) is 4.99 Å². The summed E-state index contributed by atoms with van der Waals surface area (Å²) in [5.41, 5.74) is 1.42. The van der Waals surface area contributed by atoms with Crippen LogP contribution in [-0.4, -0.2) is 67.0 Å². The van der Waals surface area contributed by atoms with Crippen LogP contribution in [0.1, 0.15) is 45.6 Å². The SMILES string of the molecule is CCNC(=NCCNC(=O)C(C)C)N1CCC2C(CCCN2Cc2ccccc2)C1.I. The maximum Gasteiger partial charge on any atom is 0.222 e. The molecule has 6 nitrogen and oxygen atoms in total. The third-order valence-corrected chi connectivity index (χ3v) is 6.24. The van der Waals surface area contributed by atoms with E-state index in [0.29, 0.717) is 25.0 Å². The van der Waals surface area contributed by atoms with Gasteiger partial charge in [-0.1, -0.05) is 44.2 Å². The summed E-state index contributed by atoms with van der Waals surface area (Å²) < 4.78 is 0. The van der Waals surface area contributed by atoms with E-state index in [9.17, 15) is 4.79 Å². The molecule has 2 heterocycles. The molecular weight excluding hydrogens is 501 g/mol. The number of hydrogen-bond acceptors (Lipinski definition) is 3. The molecular formula is C24H40IN5O. The van der Waals surface area contributed by atoms with Crippen LogP contribution < -0.4 is 10.6 Å².